The van der Waals surface area contributed by atoms with Gasteiger partial charge in [0.2, 0.25) is 0 Å². The van der Waals surface area contributed by atoms with Crippen LogP contribution in [-0.2, 0) is 0 Å². The van der Waals surface area contributed by atoms with E-state index >= 15 is 0 Å². The Labute approximate surface area is 93.9 Å². The first-order valence-electron chi connectivity index (χ1n) is 4.42. The van der Waals surface area contributed by atoms with E-state index in [1.54, 1.807) is 5.32 Å². The molecule has 1 aromatic rings. The molecule has 0 unspecified atom stereocenters. The van der Waals surface area contributed by atoms with Crippen molar-refractivity contribution in [3.05, 3.63) is 40.3 Å². The van der Waals surface area contributed by atoms with E-state index in [9.17, 15) is 18.0 Å². The van der Waals surface area contributed by atoms with Crippen molar-refractivity contribution in [1.82, 2.24) is 5.32 Å². The van der Waals surface area contributed by atoms with E-state index in [0.717, 1.165) is 0 Å². The Morgan fingerprint density at radius 2 is 1.94 bits per heavy atom. The van der Waals surface area contributed by atoms with Gasteiger partial charge in [-0.15, -0.1) is 0 Å². The van der Waals surface area contributed by atoms with Crippen molar-refractivity contribution in [2.24, 2.45) is 5.11 Å². The quantitative estimate of drug-likeness (QED) is 0.495. The van der Waals surface area contributed by atoms with Crippen molar-refractivity contribution in [3.63, 3.8) is 0 Å². The highest BCUT2D eigenvalue weighted by Crippen LogP contribution is 2.15. The van der Waals surface area contributed by atoms with Gasteiger partial charge in [0.1, 0.15) is 6.54 Å². The average molecular weight is 244 g/mol. The minimum absolute atomic E-state index is 0.0612. The van der Waals surface area contributed by atoms with Crippen LogP contribution >= 0.6 is 0 Å². The number of alkyl halides is 3. The van der Waals surface area contributed by atoms with Gasteiger partial charge in [-0.25, -0.2) is 0 Å². The predicted octanol–water partition coefficient (Wildman–Crippen LogP) is 2.92. The smallest absolute Gasteiger partial charge is 0.343 e. The Morgan fingerprint density at radius 3 is 2.41 bits per heavy atom. The summed E-state index contributed by atoms with van der Waals surface area (Å²) in [5, 5.41) is 4.98. The Bertz CT molecular complexity index is 448. The van der Waals surface area contributed by atoms with E-state index < -0.39 is 18.6 Å². The highest BCUT2D eigenvalue weighted by Gasteiger charge is 2.27. The van der Waals surface area contributed by atoms with Crippen LogP contribution in [0.4, 0.5) is 18.9 Å². The fourth-order valence-corrected chi connectivity index (χ4v) is 1.01. The standard InChI is InChI=1S/C9H7F3N4O/c10-9(11,12)5-14-8(17)6-1-3-7(4-2-6)15-16-13/h1-4H,5H2,(H,14,17). The van der Waals surface area contributed by atoms with Gasteiger partial charge in [-0.2, -0.15) is 13.2 Å². The van der Waals surface area contributed by atoms with Crippen molar-refractivity contribution in [2.45, 2.75) is 6.18 Å². The van der Waals surface area contributed by atoms with Gasteiger partial charge in [-0.3, -0.25) is 4.79 Å². The summed E-state index contributed by atoms with van der Waals surface area (Å²) in [6.07, 6.45) is -4.44. The Balaban J connectivity index is 2.67. The van der Waals surface area contributed by atoms with Crippen LogP contribution in [0.15, 0.2) is 29.4 Å². The molecule has 0 aliphatic carbocycles. The fraction of sp³-hybridized carbons (Fsp3) is 0.222. The van der Waals surface area contributed by atoms with Crippen LogP contribution in [0.3, 0.4) is 0 Å². The summed E-state index contributed by atoms with van der Waals surface area (Å²) < 4.78 is 35.5. The molecular formula is C9H7F3N4O. The molecule has 0 bridgehead atoms. The summed E-state index contributed by atoms with van der Waals surface area (Å²) >= 11 is 0. The predicted molar refractivity (Wildman–Crippen MR) is 53.6 cm³/mol. The zero-order valence-electron chi connectivity index (χ0n) is 8.40. The van der Waals surface area contributed by atoms with Crippen molar-refractivity contribution in [3.8, 4) is 0 Å². The maximum absolute atomic E-state index is 11.8. The molecule has 0 saturated heterocycles. The lowest BCUT2D eigenvalue weighted by Crippen LogP contribution is -2.33. The van der Waals surface area contributed by atoms with E-state index in [4.69, 9.17) is 5.53 Å². The van der Waals surface area contributed by atoms with Crippen LogP contribution in [0.2, 0.25) is 0 Å². The normalized spacial score (nSPS) is 10.5. The Kier molecular flexibility index (Phi) is 3.95. The van der Waals surface area contributed by atoms with E-state index in [2.05, 4.69) is 10.0 Å². The number of halogens is 3. The molecule has 90 valence electrons. The van der Waals surface area contributed by atoms with Gasteiger partial charge >= 0.3 is 6.18 Å². The molecule has 0 aromatic heterocycles. The largest absolute Gasteiger partial charge is 0.405 e. The molecule has 0 heterocycles. The van der Waals surface area contributed by atoms with E-state index in [1.165, 1.54) is 24.3 Å². The van der Waals surface area contributed by atoms with Gasteiger partial charge in [0.25, 0.3) is 5.91 Å². The Morgan fingerprint density at radius 1 is 1.35 bits per heavy atom. The van der Waals surface area contributed by atoms with Gasteiger partial charge < -0.3 is 5.32 Å². The molecule has 17 heavy (non-hydrogen) atoms. The van der Waals surface area contributed by atoms with Gasteiger partial charge in [0, 0.05) is 16.2 Å². The first kappa shape index (κ1) is 12.9. The second-order valence-corrected chi connectivity index (χ2v) is 3.03. The van der Waals surface area contributed by atoms with Crippen LogP contribution in [0, 0.1) is 0 Å². The summed E-state index contributed by atoms with van der Waals surface area (Å²) in [6.45, 7) is -1.38. The average Bonchev–Trinajstić information content (AvgIpc) is 2.26. The summed E-state index contributed by atoms with van der Waals surface area (Å²) in [5.74, 6) is -0.838. The molecule has 8 heteroatoms. The molecule has 0 aliphatic rings. The molecule has 0 radical (unpaired) electrons. The first-order chi connectivity index (χ1) is 7.92. The summed E-state index contributed by atoms with van der Waals surface area (Å²) in [6, 6.07) is 5.22. The molecule has 1 rings (SSSR count). The number of nitrogens with one attached hydrogen (secondary N) is 1. The second-order valence-electron chi connectivity index (χ2n) is 3.03. The third kappa shape index (κ3) is 4.43. The SMILES string of the molecule is [N-]=[N+]=Nc1ccc(C(=O)NCC(F)(F)F)cc1. The van der Waals surface area contributed by atoms with Crippen molar-refractivity contribution in [2.75, 3.05) is 6.54 Å². The maximum Gasteiger partial charge on any atom is 0.405 e. The lowest BCUT2D eigenvalue weighted by molar-refractivity contribution is -0.123. The molecule has 5 nitrogen and oxygen atoms in total. The zero-order chi connectivity index (χ0) is 12.9. The van der Waals surface area contributed by atoms with Crippen molar-refractivity contribution in [1.29, 1.82) is 0 Å². The van der Waals surface area contributed by atoms with E-state index in [0.29, 0.717) is 0 Å². The highest BCUT2D eigenvalue weighted by atomic mass is 19.4. The van der Waals surface area contributed by atoms with Crippen molar-refractivity contribution >= 4 is 11.6 Å². The summed E-state index contributed by atoms with van der Waals surface area (Å²) in [7, 11) is 0. The topological polar surface area (TPSA) is 77.9 Å². The number of azide groups is 1. The van der Waals surface area contributed by atoms with Crippen LogP contribution in [0.1, 0.15) is 10.4 Å². The third-order valence-electron chi connectivity index (χ3n) is 1.74. The number of benzene rings is 1. The number of hydrogen-bond donors (Lipinski definition) is 1. The minimum Gasteiger partial charge on any atom is -0.343 e. The number of amides is 1. The number of carbonyl (C=O) groups is 1. The van der Waals surface area contributed by atoms with E-state index in [-0.39, 0.29) is 11.3 Å². The molecule has 0 aliphatic heterocycles. The molecule has 0 saturated carbocycles. The Hall–Kier alpha value is -2.21. The summed E-state index contributed by atoms with van der Waals surface area (Å²) in [5.41, 5.74) is 8.46. The van der Waals surface area contributed by atoms with E-state index in [1.807, 2.05) is 0 Å². The molecule has 0 spiro atoms. The molecular weight excluding hydrogens is 237 g/mol. The van der Waals surface area contributed by atoms with Gasteiger partial charge in [-0.05, 0) is 17.7 Å². The number of carbonyl (C=O) groups excluding carboxylic acids is 1. The number of hydrogen-bond acceptors (Lipinski definition) is 2. The molecule has 1 amide bonds. The second kappa shape index (κ2) is 5.22. The monoisotopic (exact) mass is 244 g/mol. The molecule has 1 N–H and O–H groups in total. The lowest BCUT2D eigenvalue weighted by Gasteiger charge is -2.08. The zero-order valence-corrected chi connectivity index (χ0v) is 8.40. The van der Waals surface area contributed by atoms with Gasteiger partial charge in [0.15, 0.2) is 0 Å². The van der Waals surface area contributed by atoms with Gasteiger partial charge in [0.05, 0.1) is 0 Å². The van der Waals surface area contributed by atoms with Crippen molar-refractivity contribution < 1.29 is 18.0 Å². The van der Waals surface area contributed by atoms with Gasteiger partial charge in [-0.1, -0.05) is 17.2 Å². The number of nitrogens with zero attached hydrogens (tertiary/aromatic N) is 3. The molecule has 1 aromatic carbocycles. The van der Waals surface area contributed by atoms with Crippen LogP contribution in [-0.4, -0.2) is 18.6 Å². The van der Waals surface area contributed by atoms with Crippen LogP contribution < -0.4 is 5.32 Å². The van der Waals surface area contributed by atoms with Crippen LogP contribution in [0.5, 0.6) is 0 Å². The first-order valence-corrected chi connectivity index (χ1v) is 4.42. The lowest BCUT2D eigenvalue weighted by atomic mass is 10.2. The maximum atomic E-state index is 11.8. The molecule has 0 atom stereocenters. The number of rotatable bonds is 3. The molecule has 0 fully saturated rings. The summed E-state index contributed by atoms with van der Waals surface area (Å²) in [4.78, 5) is 13.8. The fourth-order valence-electron chi connectivity index (χ4n) is 1.01. The van der Waals surface area contributed by atoms with Crippen LogP contribution in [0.25, 0.3) is 10.4 Å². The third-order valence-corrected chi connectivity index (χ3v) is 1.74. The minimum atomic E-state index is -4.44. The highest BCUT2D eigenvalue weighted by molar-refractivity contribution is 5.94.